The second kappa shape index (κ2) is 7.44. The van der Waals surface area contributed by atoms with Crippen molar-refractivity contribution in [3.8, 4) is 5.75 Å². The van der Waals surface area contributed by atoms with Crippen LogP contribution in [-0.4, -0.2) is 15.9 Å². The van der Waals surface area contributed by atoms with Crippen LogP contribution >= 0.6 is 0 Å². The van der Waals surface area contributed by atoms with Crippen molar-refractivity contribution in [1.29, 1.82) is 0 Å². The second-order valence-electron chi connectivity index (χ2n) is 5.49. The Bertz CT molecular complexity index is 896. The first-order chi connectivity index (χ1) is 12.1. The molecule has 25 heavy (non-hydrogen) atoms. The van der Waals surface area contributed by atoms with Crippen LogP contribution in [0.4, 0.5) is 11.5 Å². The molecule has 0 aliphatic carbocycles. The molecule has 0 atom stereocenters. The lowest BCUT2D eigenvalue weighted by Crippen LogP contribution is -2.16. The number of hydrogen-bond acceptors (Lipinski definition) is 5. The number of carbonyl (C=O) groups is 1. The molecule has 0 fully saturated rings. The summed E-state index contributed by atoms with van der Waals surface area (Å²) in [5.41, 5.74) is 8.64. The molecule has 0 unspecified atom stereocenters. The molecule has 1 aromatic heterocycles. The third-order valence-electron chi connectivity index (χ3n) is 3.69. The van der Waals surface area contributed by atoms with E-state index in [1.165, 1.54) is 18.0 Å². The molecule has 0 aliphatic heterocycles. The molecule has 0 saturated heterocycles. The number of carbonyl (C=O) groups excluding carboxylic acids is 1. The van der Waals surface area contributed by atoms with Gasteiger partial charge in [-0.15, -0.1) is 0 Å². The van der Waals surface area contributed by atoms with Crippen molar-refractivity contribution < 1.29 is 9.53 Å². The number of benzene rings is 2. The Morgan fingerprint density at radius 3 is 2.72 bits per heavy atom. The van der Waals surface area contributed by atoms with Crippen molar-refractivity contribution in [3.05, 3.63) is 77.7 Å². The van der Waals surface area contributed by atoms with Crippen LogP contribution in [0.15, 0.2) is 60.9 Å². The number of ether oxygens (including phenoxy) is 1. The van der Waals surface area contributed by atoms with Gasteiger partial charge in [-0.05, 0) is 30.2 Å². The molecule has 0 saturated carbocycles. The van der Waals surface area contributed by atoms with Crippen LogP contribution in [0.2, 0.25) is 0 Å². The predicted molar refractivity (Wildman–Crippen MR) is 96.4 cm³/mol. The van der Waals surface area contributed by atoms with Crippen molar-refractivity contribution in [2.45, 2.75) is 13.5 Å². The minimum absolute atomic E-state index is 0.0898. The number of hydrogen-bond donors (Lipinski definition) is 2. The maximum atomic E-state index is 12.2. The quantitative estimate of drug-likeness (QED) is 0.748. The normalized spacial score (nSPS) is 10.3. The molecule has 0 radical (unpaired) electrons. The zero-order chi connectivity index (χ0) is 17.6. The molecular formula is C19H18N4O2. The van der Waals surface area contributed by atoms with E-state index in [0.29, 0.717) is 18.0 Å². The van der Waals surface area contributed by atoms with Gasteiger partial charge >= 0.3 is 0 Å². The number of nitrogen functional groups attached to an aromatic ring is 1. The summed E-state index contributed by atoms with van der Waals surface area (Å²) in [4.78, 5) is 20.0. The SMILES string of the molecule is Cc1ccccc1COc1cccc(NC(=O)c2nccnc2N)c1. The van der Waals surface area contributed by atoms with E-state index in [1.807, 2.05) is 43.3 Å². The first-order valence-electron chi connectivity index (χ1n) is 7.78. The van der Waals surface area contributed by atoms with Gasteiger partial charge in [0.15, 0.2) is 11.5 Å². The van der Waals surface area contributed by atoms with Gasteiger partial charge in [-0.2, -0.15) is 0 Å². The maximum absolute atomic E-state index is 12.2. The number of aryl methyl sites for hydroxylation is 1. The van der Waals surface area contributed by atoms with Gasteiger partial charge < -0.3 is 15.8 Å². The summed E-state index contributed by atoms with van der Waals surface area (Å²) in [6.45, 7) is 2.50. The highest BCUT2D eigenvalue weighted by Crippen LogP contribution is 2.20. The smallest absolute Gasteiger partial charge is 0.278 e. The zero-order valence-corrected chi connectivity index (χ0v) is 13.8. The molecule has 3 aromatic rings. The van der Waals surface area contributed by atoms with E-state index in [0.717, 1.165) is 5.56 Å². The van der Waals surface area contributed by atoms with Crippen molar-refractivity contribution in [2.24, 2.45) is 0 Å². The molecule has 0 aliphatic rings. The van der Waals surface area contributed by atoms with Crippen LogP contribution in [0, 0.1) is 6.92 Å². The minimum Gasteiger partial charge on any atom is -0.489 e. The van der Waals surface area contributed by atoms with Gasteiger partial charge in [0.25, 0.3) is 5.91 Å². The van der Waals surface area contributed by atoms with Gasteiger partial charge in [0.05, 0.1) is 0 Å². The third kappa shape index (κ3) is 4.11. The molecule has 0 spiro atoms. The fourth-order valence-electron chi connectivity index (χ4n) is 2.31. The topological polar surface area (TPSA) is 90.1 Å². The number of anilines is 2. The fourth-order valence-corrected chi connectivity index (χ4v) is 2.31. The molecular weight excluding hydrogens is 316 g/mol. The molecule has 3 rings (SSSR count). The molecule has 3 N–H and O–H groups in total. The summed E-state index contributed by atoms with van der Waals surface area (Å²) in [7, 11) is 0. The molecule has 1 amide bonds. The predicted octanol–water partition coefficient (Wildman–Crippen LogP) is 3.20. The van der Waals surface area contributed by atoms with Crippen molar-refractivity contribution in [2.75, 3.05) is 11.1 Å². The Labute approximate surface area is 145 Å². The lowest BCUT2D eigenvalue weighted by Gasteiger charge is -2.11. The Balaban J connectivity index is 1.68. The van der Waals surface area contributed by atoms with Gasteiger partial charge in [0, 0.05) is 24.1 Å². The Morgan fingerprint density at radius 2 is 1.92 bits per heavy atom. The highest BCUT2D eigenvalue weighted by atomic mass is 16.5. The summed E-state index contributed by atoms with van der Waals surface area (Å²) in [5, 5.41) is 2.75. The average Bonchev–Trinajstić information content (AvgIpc) is 2.62. The number of rotatable bonds is 5. The molecule has 126 valence electrons. The summed E-state index contributed by atoms with van der Waals surface area (Å²) < 4.78 is 5.82. The Morgan fingerprint density at radius 1 is 1.12 bits per heavy atom. The van der Waals surface area contributed by atoms with E-state index >= 15 is 0 Å². The van der Waals surface area contributed by atoms with Gasteiger partial charge in [0.1, 0.15) is 12.4 Å². The number of aromatic nitrogens is 2. The second-order valence-corrected chi connectivity index (χ2v) is 5.49. The molecule has 0 bridgehead atoms. The first-order valence-corrected chi connectivity index (χ1v) is 7.78. The van der Waals surface area contributed by atoms with Crippen molar-refractivity contribution in [1.82, 2.24) is 9.97 Å². The van der Waals surface area contributed by atoms with Crippen LogP contribution in [0.1, 0.15) is 21.6 Å². The average molecular weight is 334 g/mol. The molecule has 2 aromatic carbocycles. The van der Waals surface area contributed by atoms with Crippen molar-refractivity contribution >= 4 is 17.4 Å². The number of amides is 1. The van der Waals surface area contributed by atoms with Gasteiger partial charge in [-0.3, -0.25) is 4.79 Å². The van der Waals surface area contributed by atoms with Crippen LogP contribution < -0.4 is 15.8 Å². The van der Waals surface area contributed by atoms with Crippen molar-refractivity contribution in [3.63, 3.8) is 0 Å². The van der Waals surface area contributed by atoms with E-state index in [1.54, 1.807) is 12.1 Å². The molecule has 6 heteroatoms. The first kappa shape index (κ1) is 16.4. The summed E-state index contributed by atoms with van der Waals surface area (Å²) in [6.07, 6.45) is 2.86. The highest BCUT2D eigenvalue weighted by molar-refractivity contribution is 6.05. The lowest BCUT2D eigenvalue weighted by atomic mass is 10.1. The van der Waals surface area contributed by atoms with E-state index in [-0.39, 0.29) is 11.5 Å². The highest BCUT2D eigenvalue weighted by Gasteiger charge is 2.12. The molecule has 1 heterocycles. The molecule has 6 nitrogen and oxygen atoms in total. The standard InChI is InChI=1S/C19H18N4O2/c1-13-5-2-3-6-14(13)12-25-16-8-4-7-15(11-16)23-19(24)17-18(20)22-10-9-21-17/h2-11H,12H2,1H3,(H2,20,22)(H,23,24). The summed E-state index contributed by atoms with van der Waals surface area (Å²) in [6, 6.07) is 15.2. The zero-order valence-electron chi connectivity index (χ0n) is 13.8. The third-order valence-corrected chi connectivity index (χ3v) is 3.69. The van der Waals surface area contributed by atoms with Gasteiger partial charge in [0.2, 0.25) is 0 Å². The van der Waals surface area contributed by atoms with Crippen LogP contribution in [-0.2, 0) is 6.61 Å². The summed E-state index contributed by atoms with van der Waals surface area (Å²) >= 11 is 0. The van der Waals surface area contributed by atoms with Crippen LogP contribution in [0.3, 0.4) is 0 Å². The van der Waals surface area contributed by atoms with E-state index in [2.05, 4.69) is 15.3 Å². The number of nitrogens with zero attached hydrogens (tertiary/aromatic N) is 2. The lowest BCUT2D eigenvalue weighted by molar-refractivity contribution is 0.102. The monoisotopic (exact) mass is 334 g/mol. The van der Waals surface area contributed by atoms with E-state index in [4.69, 9.17) is 10.5 Å². The maximum Gasteiger partial charge on any atom is 0.278 e. The summed E-state index contributed by atoms with van der Waals surface area (Å²) in [5.74, 6) is 0.335. The Hall–Kier alpha value is -3.41. The fraction of sp³-hybridized carbons (Fsp3) is 0.105. The van der Waals surface area contributed by atoms with E-state index < -0.39 is 5.91 Å². The largest absolute Gasteiger partial charge is 0.489 e. The van der Waals surface area contributed by atoms with Crippen LogP contribution in [0.5, 0.6) is 5.75 Å². The van der Waals surface area contributed by atoms with Gasteiger partial charge in [-0.1, -0.05) is 30.3 Å². The van der Waals surface area contributed by atoms with Crippen LogP contribution in [0.25, 0.3) is 0 Å². The number of nitrogens with two attached hydrogens (primary N) is 1. The number of nitrogens with one attached hydrogen (secondary N) is 1. The Kier molecular flexibility index (Phi) is 4.89. The minimum atomic E-state index is -0.415. The van der Waals surface area contributed by atoms with E-state index in [9.17, 15) is 4.79 Å². The van der Waals surface area contributed by atoms with Gasteiger partial charge in [-0.25, -0.2) is 9.97 Å².